The second-order valence-electron chi connectivity index (χ2n) is 3.23. The molecule has 1 amide bonds. The predicted molar refractivity (Wildman–Crippen MR) is 60.7 cm³/mol. The van der Waals surface area contributed by atoms with Crippen LogP contribution < -0.4 is 4.74 Å². The maximum atomic E-state index is 11.2. The zero-order valence-corrected chi connectivity index (χ0v) is 10.3. The molecule has 82 valence electrons. The summed E-state index contributed by atoms with van der Waals surface area (Å²) in [6, 6.07) is 1.81. The van der Waals surface area contributed by atoms with E-state index in [0.717, 1.165) is 4.47 Å². The number of hydrogen-bond donors (Lipinski definition) is 0. The topological polar surface area (TPSA) is 42.4 Å². The number of ether oxygens (including phenoxy) is 1. The minimum absolute atomic E-state index is 0.0537. The monoisotopic (exact) mass is 272 g/mol. The molecule has 0 saturated carbocycles. The normalized spacial score (nSPS) is 9.80. The van der Waals surface area contributed by atoms with E-state index in [9.17, 15) is 4.79 Å². The van der Waals surface area contributed by atoms with Crippen LogP contribution in [0.15, 0.2) is 22.9 Å². The van der Waals surface area contributed by atoms with Crippen molar-refractivity contribution < 1.29 is 9.53 Å². The summed E-state index contributed by atoms with van der Waals surface area (Å²) in [6.07, 6.45) is 3.67. The molecular weight excluding hydrogens is 260 g/mol. The van der Waals surface area contributed by atoms with E-state index in [0.29, 0.717) is 18.8 Å². The molecule has 0 atom stereocenters. The molecule has 0 N–H and O–H groups in total. The highest BCUT2D eigenvalue weighted by Gasteiger charge is 2.03. The maximum Gasteiger partial charge on any atom is 0.225 e. The molecule has 1 rings (SSSR count). The van der Waals surface area contributed by atoms with Crippen LogP contribution in [0.3, 0.4) is 0 Å². The Hall–Kier alpha value is -1.10. The molecule has 0 aromatic carbocycles. The second-order valence-corrected chi connectivity index (χ2v) is 4.14. The average molecular weight is 273 g/mol. The maximum absolute atomic E-state index is 11.2. The van der Waals surface area contributed by atoms with Gasteiger partial charge in [-0.3, -0.25) is 9.78 Å². The van der Waals surface area contributed by atoms with E-state index in [2.05, 4.69) is 20.9 Å². The van der Waals surface area contributed by atoms with Crippen LogP contribution in [0.2, 0.25) is 0 Å². The van der Waals surface area contributed by atoms with Crippen LogP contribution >= 0.6 is 15.9 Å². The molecule has 0 bridgehead atoms. The Balaban J connectivity index is 2.35. The van der Waals surface area contributed by atoms with Crippen LogP contribution in [-0.2, 0) is 4.79 Å². The van der Waals surface area contributed by atoms with Crippen molar-refractivity contribution in [1.82, 2.24) is 9.88 Å². The van der Waals surface area contributed by atoms with Crippen LogP contribution in [0, 0.1) is 0 Å². The van der Waals surface area contributed by atoms with E-state index in [-0.39, 0.29) is 5.91 Å². The number of aromatic nitrogens is 1. The molecule has 4 nitrogen and oxygen atoms in total. The van der Waals surface area contributed by atoms with Crippen molar-refractivity contribution in [3.05, 3.63) is 22.9 Å². The molecule has 0 aliphatic rings. The number of amides is 1. The van der Waals surface area contributed by atoms with Gasteiger partial charge in [-0.05, 0) is 22.0 Å². The van der Waals surface area contributed by atoms with E-state index in [1.165, 1.54) is 0 Å². The van der Waals surface area contributed by atoms with E-state index in [1.807, 2.05) is 6.07 Å². The predicted octanol–water partition coefficient (Wildman–Crippen LogP) is 1.70. The lowest BCUT2D eigenvalue weighted by Crippen LogP contribution is -2.23. The van der Waals surface area contributed by atoms with Gasteiger partial charge in [-0.2, -0.15) is 0 Å². The van der Waals surface area contributed by atoms with Gasteiger partial charge >= 0.3 is 0 Å². The van der Waals surface area contributed by atoms with Crippen molar-refractivity contribution in [3.63, 3.8) is 0 Å². The van der Waals surface area contributed by atoms with Crippen LogP contribution in [0.1, 0.15) is 6.42 Å². The van der Waals surface area contributed by atoms with Crippen molar-refractivity contribution in [2.75, 3.05) is 20.7 Å². The van der Waals surface area contributed by atoms with Gasteiger partial charge in [0.05, 0.1) is 19.2 Å². The molecule has 5 heteroatoms. The van der Waals surface area contributed by atoms with E-state index < -0.39 is 0 Å². The minimum atomic E-state index is 0.0537. The van der Waals surface area contributed by atoms with E-state index in [4.69, 9.17) is 4.74 Å². The highest BCUT2D eigenvalue weighted by Crippen LogP contribution is 2.15. The number of rotatable bonds is 4. The third-order valence-corrected chi connectivity index (χ3v) is 2.20. The van der Waals surface area contributed by atoms with Crippen LogP contribution in [0.25, 0.3) is 0 Å². The third-order valence-electron chi connectivity index (χ3n) is 1.76. The highest BCUT2D eigenvalue weighted by molar-refractivity contribution is 9.10. The lowest BCUT2D eigenvalue weighted by molar-refractivity contribution is -0.129. The first-order valence-corrected chi connectivity index (χ1v) is 5.32. The third kappa shape index (κ3) is 4.29. The summed E-state index contributed by atoms with van der Waals surface area (Å²) in [5.41, 5.74) is 0. The molecular formula is C10H13BrN2O2. The number of carbonyl (C=O) groups excluding carboxylic acids is 1. The van der Waals surface area contributed by atoms with Crippen molar-refractivity contribution in [1.29, 1.82) is 0 Å². The minimum Gasteiger partial charge on any atom is -0.491 e. The van der Waals surface area contributed by atoms with Crippen molar-refractivity contribution in [3.8, 4) is 5.75 Å². The lowest BCUT2D eigenvalue weighted by atomic mass is 10.4. The van der Waals surface area contributed by atoms with Gasteiger partial charge in [-0.25, -0.2) is 0 Å². The lowest BCUT2D eigenvalue weighted by Gasteiger charge is -2.10. The number of pyridine rings is 1. The molecule has 0 unspecified atom stereocenters. The molecule has 0 saturated heterocycles. The first kappa shape index (κ1) is 12.0. The zero-order valence-electron chi connectivity index (χ0n) is 8.74. The molecule has 1 heterocycles. The average Bonchev–Trinajstić information content (AvgIpc) is 2.17. The Labute approximate surface area is 97.4 Å². The van der Waals surface area contributed by atoms with E-state index >= 15 is 0 Å². The molecule has 1 aromatic heterocycles. The largest absolute Gasteiger partial charge is 0.491 e. The van der Waals surface area contributed by atoms with E-state index in [1.54, 1.807) is 31.4 Å². The van der Waals surface area contributed by atoms with Crippen molar-refractivity contribution >= 4 is 21.8 Å². The summed E-state index contributed by atoms with van der Waals surface area (Å²) in [6.45, 7) is 0.370. The Kier molecular flexibility index (Phi) is 4.55. The Bertz CT molecular complexity index is 342. The van der Waals surface area contributed by atoms with Gasteiger partial charge in [0.15, 0.2) is 0 Å². The van der Waals surface area contributed by atoms with Crippen LogP contribution in [0.4, 0.5) is 0 Å². The Morgan fingerprint density at radius 3 is 2.87 bits per heavy atom. The summed E-state index contributed by atoms with van der Waals surface area (Å²) in [4.78, 5) is 16.7. The quantitative estimate of drug-likeness (QED) is 0.838. The number of halogens is 1. The molecule has 15 heavy (non-hydrogen) atoms. The number of nitrogens with zero attached hydrogens (tertiary/aromatic N) is 2. The van der Waals surface area contributed by atoms with Gasteiger partial charge in [0.1, 0.15) is 5.75 Å². The Morgan fingerprint density at radius 2 is 2.27 bits per heavy atom. The van der Waals surface area contributed by atoms with Crippen molar-refractivity contribution in [2.45, 2.75) is 6.42 Å². The number of carbonyl (C=O) groups is 1. The molecule has 0 radical (unpaired) electrons. The molecule has 0 fully saturated rings. The highest BCUT2D eigenvalue weighted by atomic mass is 79.9. The first-order chi connectivity index (χ1) is 7.09. The summed E-state index contributed by atoms with van der Waals surface area (Å²) in [7, 11) is 3.45. The van der Waals surface area contributed by atoms with Gasteiger partial charge in [0.2, 0.25) is 5.91 Å². The second kappa shape index (κ2) is 5.70. The molecule has 0 spiro atoms. The molecule has 1 aromatic rings. The van der Waals surface area contributed by atoms with Crippen LogP contribution in [0.5, 0.6) is 5.75 Å². The molecule has 0 aliphatic heterocycles. The summed E-state index contributed by atoms with van der Waals surface area (Å²) >= 11 is 3.29. The van der Waals surface area contributed by atoms with Crippen LogP contribution in [-0.4, -0.2) is 36.5 Å². The first-order valence-electron chi connectivity index (χ1n) is 4.53. The fourth-order valence-corrected chi connectivity index (χ4v) is 1.29. The standard InChI is InChI=1S/C10H13BrN2O2/c1-13(2)10(14)3-4-15-9-5-8(11)6-12-7-9/h5-7H,3-4H2,1-2H3. The number of hydrogen-bond acceptors (Lipinski definition) is 3. The summed E-state index contributed by atoms with van der Waals surface area (Å²) in [5, 5.41) is 0. The molecule has 0 aliphatic carbocycles. The SMILES string of the molecule is CN(C)C(=O)CCOc1cncc(Br)c1. The fourth-order valence-electron chi connectivity index (χ4n) is 0.951. The van der Waals surface area contributed by atoms with Gasteiger partial charge in [-0.1, -0.05) is 0 Å². The summed E-state index contributed by atoms with van der Waals surface area (Å²) < 4.78 is 6.23. The Morgan fingerprint density at radius 1 is 1.53 bits per heavy atom. The van der Waals surface area contributed by atoms with Gasteiger partial charge in [-0.15, -0.1) is 0 Å². The fraction of sp³-hybridized carbons (Fsp3) is 0.400. The van der Waals surface area contributed by atoms with Gasteiger partial charge < -0.3 is 9.64 Å². The van der Waals surface area contributed by atoms with Gasteiger partial charge in [0, 0.05) is 24.8 Å². The van der Waals surface area contributed by atoms with Gasteiger partial charge in [0.25, 0.3) is 0 Å². The smallest absolute Gasteiger partial charge is 0.225 e. The van der Waals surface area contributed by atoms with Crippen molar-refractivity contribution in [2.24, 2.45) is 0 Å². The summed E-state index contributed by atoms with van der Waals surface area (Å²) in [5.74, 6) is 0.717. The zero-order chi connectivity index (χ0) is 11.3.